The van der Waals surface area contributed by atoms with Crippen LogP contribution in [0.5, 0.6) is 0 Å². The molecule has 0 aliphatic rings. The summed E-state index contributed by atoms with van der Waals surface area (Å²) < 4.78 is 23.5. The van der Waals surface area contributed by atoms with Crippen LogP contribution in [0.15, 0.2) is 33.9 Å². The van der Waals surface area contributed by atoms with Gasteiger partial charge < -0.3 is 10.1 Å². The summed E-state index contributed by atoms with van der Waals surface area (Å²) in [6.45, 7) is 3.85. The minimum absolute atomic E-state index is 0.115. The first-order chi connectivity index (χ1) is 13.5. The van der Waals surface area contributed by atoms with Crippen molar-refractivity contribution < 1.29 is 9.13 Å². The Labute approximate surface area is 161 Å². The van der Waals surface area contributed by atoms with Crippen molar-refractivity contribution in [2.24, 2.45) is 14.1 Å². The third-order valence-corrected chi connectivity index (χ3v) is 4.59. The van der Waals surface area contributed by atoms with Gasteiger partial charge in [0.15, 0.2) is 11.2 Å². The topological polar surface area (TPSA) is 83.1 Å². The molecule has 150 valence electrons. The largest absolute Gasteiger partial charge is 0.382 e. The number of benzene rings is 1. The lowest BCUT2D eigenvalue weighted by Crippen LogP contribution is -2.37. The van der Waals surface area contributed by atoms with Gasteiger partial charge in [0.25, 0.3) is 5.56 Å². The number of nitrogens with zero attached hydrogens (tertiary/aromatic N) is 4. The van der Waals surface area contributed by atoms with Crippen molar-refractivity contribution in [1.82, 2.24) is 18.7 Å². The minimum atomic E-state index is -0.468. The van der Waals surface area contributed by atoms with E-state index in [2.05, 4.69) is 10.3 Å². The zero-order chi connectivity index (χ0) is 20.3. The Hall–Kier alpha value is -2.94. The maximum atomic E-state index is 14.2. The van der Waals surface area contributed by atoms with Crippen LogP contribution >= 0.6 is 0 Å². The van der Waals surface area contributed by atoms with E-state index in [4.69, 9.17) is 4.74 Å². The number of imidazole rings is 1. The number of anilines is 1. The summed E-state index contributed by atoms with van der Waals surface area (Å²) in [6.07, 6.45) is 0.744. The van der Waals surface area contributed by atoms with Crippen LogP contribution in [-0.4, -0.2) is 38.4 Å². The smallest absolute Gasteiger partial charge is 0.332 e. The predicted molar refractivity (Wildman–Crippen MR) is 105 cm³/mol. The summed E-state index contributed by atoms with van der Waals surface area (Å²) in [4.78, 5) is 29.5. The zero-order valence-electron chi connectivity index (χ0n) is 16.2. The molecule has 8 nitrogen and oxygen atoms in total. The van der Waals surface area contributed by atoms with Crippen LogP contribution in [0.25, 0.3) is 11.2 Å². The number of aryl methyl sites for hydroxylation is 1. The predicted octanol–water partition coefficient (Wildman–Crippen LogP) is 1.46. The maximum Gasteiger partial charge on any atom is 0.332 e. The third-order valence-electron chi connectivity index (χ3n) is 4.59. The monoisotopic (exact) mass is 389 g/mol. The molecule has 2 heterocycles. The zero-order valence-corrected chi connectivity index (χ0v) is 16.2. The molecule has 0 bridgehead atoms. The van der Waals surface area contributed by atoms with Crippen molar-refractivity contribution in [3.8, 4) is 0 Å². The van der Waals surface area contributed by atoms with Gasteiger partial charge in [-0.2, -0.15) is 4.98 Å². The maximum absolute atomic E-state index is 14.2. The van der Waals surface area contributed by atoms with Crippen LogP contribution < -0.4 is 16.6 Å². The number of aromatic nitrogens is 4. The van der Waals surface area contributed by atoms with Crippen LogP contribution in [0, 0.1) is 5.82 Å². The third kappa shape index (κ3) is 3.70. The first-order valence-electron chi connectivity index (χ1n) is 9.17. The Morgan fingerprint density at radius 1 is 1.18 bits per heavy atom. The van der Waals surface area contributed by atoms with Crippen LogP contribution in [0.3, 0.4) is 0 Å². The van der Waals surface area contributed by atoms with Gasteiger partial charge >= 0.3 is 5.69 Å². The Balaban J connectivity index is 2.08. The first-order valence-corrected chi connectivity index (χ1v) is 9.17. The van der Waals surface area contributed by atoms with Gasteiger partial charge in [-0.1, -0.05) is 18.2 Å². The van der Waals surface area contributed by atoms with Gasteiger partial charge in [-0.3, -0.25) is 18.5 Å². The lowest BCUT2D eigenvalue weighted by molar-refractivity contribution is 0.147. The van der Waals surface area contributed by atoms with Crippen LogP contribution in [-0.2, 0) is 25.4 Å². The van der Waals surface area contributed by atoms with Crippen molar-refractivity contribution in [3.63, 3.8) is 0 Å². The number of halogens is 1. The average molecular weight is 389 g/mol. The van der Waals surface area contributed by atoms with E-state index in [1.807, 2.05) is 6.92 Å². The standard InChI is InChI=1S/C19H24FN5O3/c1-4-28-11-7-10-21-18-22-16-15(17(26)24(3)19(27)23(16)2)25(18)12-13-8-5-6-9-14(13)20/h5-6,8-9H,4,7,10-12H2,1-3H3,(H,21,22). The van der Waals surface area contributed by atoms with E-state index in [1.54, 1.807) is 29.8 Å². The van der Waals surface area contributed by atoms with E-state index < -0.39 is 11.2 Å². The van der Waals surface area contributed by atoms with E-state index in [-0.39, 0.29) is 23.5 Å². The highest BCUT2D eigenvalue weighted by Crippen LogP contribution is 2.19. The molecule has 0 saturated heterocycles. The number of fused-ring (bicyclic) bond motifs is 1. The van der Waals surface area contributed by atoms with Gasteiger partial charge in [0.2, 0.25) is 5.95 Å². The minimum Gasteiger partial charge on any atom is -0.382 e. The molecule has 0 saturated carbocycles. The fourth-order valence-electron chi connectivity index (χ4n) is 3.05. The van der Waals surface area contributed by atoms with Crippen LogP contribution in [0.2, 0.25) is 0 Å². The fraction of sp³-hybridized carbons (Fsp3) is 0.421. The van der Waals surface area contributed by atoms with Gasteiger partial charge in [-0.05, 0) is 19.4 Å². The molecular formula is C19H24FN5O3. The molecule has 0 fully saturated rings. The molecule has 0 aliphatic heterocycles. The summed E-state index contributed by atoms with van der Waals surface area (Å²) in [5.74, 6) is 0.0429. The number of rotatable bonds is 8. The number of nitrogens with one attached hydrogen (secondary N) is 1. The number of ether oxygens (including phenoxy) is 1. The number of hydrogen-bond donors (Lipinski definition) is 1. The van der Waals surface area contributed by atoms with Gasteiger partial charge in [-0.15, -0.1) is 0 Å². The van der Waals surface area contributed by atoms with Gasteiger partial charge in [0.05, 0.1) is 6.54 Å². The molecule has 3 rings (SSSR count). The molecule has 1 aromatic carbocycles. The SMILES string of the molecule is CCOCCCNc1nc2c(c(=O)n(C)c(=O)n2C)n1Cc1ccccc1F. The van der Waals surface area contributed by atoms with E-state index in [0.29, 0.717) is 31.3 Å². The highest BCUT2D eigenvalue weighted by molar-refractivity contribution is 5.74. The lowest BCUT2D eigenvalue weighted by atomic mass is 10.2. The van der Waals surface area contributed by atoms with Crippen molar-refractivity contribution in [2.75, 3.05) is 25.1 Å². The second kappa shape index (κ2) is 8.39. The fourth-order valence-corrected chi connectivity index (χ4v) is 3.05. The Morgan fingerprint density at radius 3 is 2.64 bits per heavy atom. The van der Waals surface area contributed by atoms with Crippen molar-refractivity contribution >= 4 is 17.1 Å². The molecule has 28 heavy (non-hydrogen) atoms. The lowest BCUT2D eigenvalue weighted by Gasteiger charge is -2.11. The molecule has 0 radical (unpaired) electrons. The quantitative estimate of drug-likeness (QED) is 0.590. The summed E-state index contributed by atoms with van der Waals surface area (Å²) in [7, 11) is 2.98. The second-order valence-corrected chi connectivity index (χ2v) is 6.47. The Morgan fingerprint density at radius 2 is 1.93 bits per heavy atom. The molecule has 1 N–H and O–H groups in total. The molecule has 0 amide bonds. The highest BCUT2D eigenvalue weighted by Gasteiger charge is 2.19. The molecule has 0 atom stereocenters. The molecule has 0 aliphatic carbocycles. The summed E-state index contributed by atoms with van der Waals surface area (Å²) >= 11 is 0. The van der Waals surface area contributed by atoms with Gasteiger partial charge in [0.1, 0.15) is 5.82 Å². The van der Waals surface area contributed by atoms with E-state index >= 15 is 0 Å². The Kier molecular flexibility index (Phi) is 5.93. The van der Waals surface area contributed by atoms with Crippen LogP contribution in [0.1, 0.15) is 18.9 Å². The van der Waals surface area contributed by atoms with Crippen molar-refractivity contribution in [3.05, 3.63) is 56.5 Å². The molecular weight excluding hydrogens is 365 g/mol. The summed E-state index contributed by atoms with van der Waals surface area (Å²) in [6, 6.07) is 6.38. The normalized spacial score (nSPS) is 11.3. The molecule has 3 aromatic rings. The Bertz CT molecular complexity index is 1100. The van der Waals surface area contributed by atoms with E-state index in [9.17, 15) is 14.0 Å². The summed E-state index contributed by atoms with van der Waals surface area (Å²) in [5.41, 5.74) is 0.00669. The van der Waals surface area contributed by atoms with E-state index in [0.717, 1.165) is 11.0 Å². The van der Waals surface area contributed by atoms with E-state index in [1.165, 1.54) is 17.7 Å². The molecule has 0 spiro atoms. The molecule has 9 heteroatoms. The highest BCUT2D eigenvalue weighted by atomic mass is 19.1. The van der Waals surface area contributed by atoms with Crippen molar-refractivity contribution in [1.29, 1.82) is 0 Å². The summed E-state index contributed by atoms with van der Waals surface area (Å²) in [5, 5.41) is 3.18. The van der Waals surface area contributed by atoms with Gasteiger partial charge in [-0.25, -0.2) is 9.18 Å². The average Bonchev–Trinajstić information content (AvgIpc) is 3.05. The molecule has 2 aromatic heterocycles. The first kappa shape index (κ1) is 19.8. The van der Waals surface area contributed by atoms with Gasteiger partial charge in [0, 0.05) is 39.4 Å². The van der Waals surface area contributed by atoms with Crippen molar-refractivity contribution in [2.45, 2.75) is 19.9 Å². The molecule has 0 unspecified atom stereocenters. The number of hydrogen-bond acceptors (Lipinski definition) is 5. The van der Waals surface area contributed by atoms with Crippen LogP contribution in [0.4, 0.5) is 10.3 Å². The second-order valence-electron chi connectivity index (χ2n) is 6.47.